The van der Waals surface area contributed by atoms with Crippen molar-refractivity contribution < 1.29 is 4.79 Å². The third-order valence-electron chi connectivity index (χ3n) is 4.49. The van der Waals surface area contributed by atoms with Gasteiger partial charge in [0.05, 0.1) is 11.1 Å². The molecular weight excluding hydrogens is 402 g/mol. The van der Waals surface area contributed by atoms with Gasteiger partial charge < -0.3 is 5.32 Å². The van der Waals surface area contributed by atoms with Crippen molar-refractivity contribution in [2.24, 2.45) is 0 Å². The van der Waals surface area contributed by atoms with Gasteiger partial charge in [0.25, 0.3) is 5.91 Å². The van der Waals surface area contributed by atoms with Crippen molar-refractivity contribution in [2.45, 2.75) is 17.3 Å². The van der Waals surface area contributed by atoms with Crippen molar-refractivity contribution in [2.75, 3.05) is 0 Å². The minimum Gasteiger partial charge on any atom is -0.348 e. The molecule has 144 valence electrons. The molecule has 6 heteroatoms. The zero-order valence-electron chi connectivity index (χ0n) is 15.5. The van der Waals surface area contributed by atoms with E-state index in [-0.39, 0.29) is 5.91 Å². The van der Waals surface area contributed by atoms with Crippen LogP contribution in [0.15, 0.2) is 84.1 Å². The molecule has 0 atom stereocenters. The lowest BCUT2D eigenvalue weighted by Gasteiger charge is -2.10. The summed E-state index contributed by atoms with van der Waals surface area (Å²) in [5, 5.41) is 5.46. The van der Waals surface area contributed by atoms with Gasteiger partial charge in [-0.15, -0.1) is 11.8 Å². The number of fused-ring (bicyclic) bond motifs is 1. The summed E-state index contributed by atoms with van der Waals surface area (Å²) in [6.45, 7) is 0.435. The number of thioether (sulfide) groups is 1. The number of nitrogens with zero attached hydrogens (tertiary/aromatic N) is 2. The molecule has 0 saturated carbocycles. The van der Waals surface area contributed by atoms with E-state index < -0.39 is 0 Å². The number of para-hydroxylation sites is 1. The van der Waals surface area contributed by atoms with Crippen LogP contribution in [-0.2, 0) is 12.3 Å². The van der Waals surface area contributed by atoms with Crippen molar-refractivity contribution in [3.8, 4) is 0 Å². The number of nitrogens with one attached hydrogen (secondary N) is 1. The van der Waals surface area contributed by atoms with E-state index in [1.807, 2.05) is 54.7 Å². The third-order valence-corrected chi connectivity index (χ3v) is 5.79. The second-order valence-corrected chi connectivity index (χ2v) is 7.84. The highest BCUT2D eigenvalue weighted by atomic mass is 35.5. The molecule has 0 unspecified atom stereocenters. The molecule has 4 aromatic rings. The first kappa shape index (κ1) is 19.4. The molecule has 0 bridgehead atoms. The quantitative estimate of drug-likeness (QED) is 0.419. The Kier molecular flexibility index (Phi) is 6.08. The predicted octanol–water partition coefficient (Wildman–Crippen LogP) is 5.51. The molecule has 0 aliphatic heterocycles. The van der Waals surface area contributed by atoms with Gasteiger partial charge >= 0.3 is 0 Å². The van der Waals surface area contributed by atoms with Crippen LogP contribution >= 0.6 is 23.4 Å². The fraction of sp³-hybridized carbons (Fsp3) is 0.0870. The summed E-state index contributed by atoms with van der Waals surface area (Å²) in [5.41, 5.74) is 3.69. The second-order valence-electron chi connectivity index (χ2n) is 6.44. The van der Waals surface area contributed by atoms with E-state index in [2.05, 4.69) is 21.4 Å². The Morgan fingerprint density at radius 3 is 2.62 bits per heavy atom. The highest BCUT2D eigenvalue weighted by molar-refractivity contribution is 7.98. The first-order chi connectivity index (χ1) is 14.2. The van der Waals surface area contributed by atoms with E-state index in [1.165, 1.54) is 5.56 Å². The number of carbonyl (C=O) groups is 1. The van der Waals surface area contributed by atoms with Crippen LogP contribution in [0.5, 0.6) is 0 Å². The lowest BCUT2D eigenvalue weighted by molar-refractivity contribution is 0.0947. The summed E-state index contributed by atoms with van der Waals surface area (Å²) >= 11 is 7.46. The number of rotatable bonds is 6. The molecule has 0 saturated heterocycles. The van der Waals surface area contributed by atoms with Crippen LogP contribution in [0.4, 0.5) is 0 Å². The first-order valence-electron chi connectivity index (χ1n) is 9.14. The van der Waals surface area contributed by atoms with Crippen LogP contribution in [-0.4, -0.2) is 15.9 Å². The van der Waals surface area contributed by atoms with Gasteiger partial charge in [-0.3, -0.25) is 9.78 Å². The van der Waals surface area contributed by atoms with Crippen molar-refractivity contribution in [1.82, 2.24) is 15.3 Å². The molecule has 4 rings (SSSR count). The first-order valence-corrected chi connectivity index (χ1v) is 10.5. The molecule has 1 amide bonds. The standard InChI is InChI=1S/C23H18ClN3OS/c24-18-9-7-16(8-10-18)14-27-22(28)20-5-3-12-26-23(20)29-15-17-11-13-25-21-6-2-1-4-19(17)21/h1-13H,14-15H2,(H,27,28). The van der Waals surface area contributed by atoms with Gasteiger partial charge in [-0.25, -0.2) is 4.98 Å². The molecule has 2 aromatic carbocycles. The SMILES string of the molecule is O=C(NCc1ccc(Cl)cc1)c1cccnc1SCc1ccnc2ccccc12. The van der Waals surface area contributed by atoms with Gasteiger partial charge in [0.2, 0.25) is 0 Å². The average molecular weight is 420 g/mol. The topological polar surface area (TPSA) is 54.9 Å². The number of hydrogen-bond donors (Lipinski definition) is 1. The number of benzene rings is 2. The van der Waals surface area contributed by atoms with Gasteiger partial charge in [0, 0.05) is 35.1 Å². The molecule has 1 N–H and O–H groups in total. The van der Waals surface area contributed by atoms with E-state index in [0.717, 1.165) is 16.5 Å². The fourth-order valence-corrected chi connectivity index (χ4v) is 4.11. The van der Waals surface area contributed by atoms with Gasteiger partial charge in [0.15, 0.2) is 0 Å². The maximum absolute atomic E-state index is 12.7. The lowest BCUT2D eigenvalue weighted by Crippen LogP contribution is -2.23. The Hall–Kier alpha value is -2.89. The minimum atomic E-state index is -0.143. The van der Waals surface area contributed by atoms with E-state index >= 15 is 0 Å². The number of pyridine rings is 2. The highest BCUT2D eigenvalue weighted by Crippen LogP contribution is 2.27. The summed E-state index contributed by atoms with van der Waals surface area (Å²) in [4.78, 5) is 21.6. The van der Waals surface area contributed by atoms with Gasteiger partial charge in [-0.1, -0.05) is 41.9 Å². The zero-order valence-corrected chi connectivity index (χ0v) is 17.1. The number of aromatic nitrogens is 2. The van der Waals surface area contributed by atoms with Crippen LogP contribution in [0.25, 0.3) is 10.9 Å². The molecule has 0 aliphatic rings. The average Bonchev–Trinajstić information content (AvgIpc) is 2.77. The number of halogens is 1. The summed E-state index contributed by atoms with van der Waals surface area (Å²) < 4.78 is 0. The van der Waals surface area contributed by atoms with Gasteiger partial charge in [-0.05, 0) is 47.5 Å². The molecule has 0 radical (unpaired) electrons. The Morgan fingerprint density at radius 1 is 0.931 bits per heavy atom. The van der Waals surface area contributed by atoms with Crippen molar-refractivity contribution in [3.63, 3.8) is 0 Å². The van der Waals surface area contributed by atoms with Crippen LogP contribution in [0, 0.1) is 0 Å². The lowest BCUT2D eigenvalue weighted by atomic mass is 10.1. The maximum Gasteiger partial charge on any atom is 0.254 e. The third kappa shape index (κ3) is 4.75. The normalized spacial score (nSPS) is 10.8. The van der Waals surface area contributed by atoms with Crippen LogP contribution in [0.1, 0.15) is 21.5 Å². The molecule has 4 nitrogen and oxygen atoms in total. The minimum absolute atomic E-state index is 0.143. The van der Waals surface area contributed by atoms with Crippen molar-refractivity contribution in [3.05, 3.63) is 101 Å². The largest absolute Gasteiger partial charge is 0.348 e. The maximum atomic E-state index is 12.7. The van der Waals surface area contributed by atoms with E-state index in [9.17, 15) is 4.79 Å². The van der Waals surface area contributed by atoms with Gasteiger partial charge in [0.1, 0.15) is 5.03 Å². The molecule has 29 heavy (non-hydrogen) atoms. The molecule has 0 fully saturated rings. The Balaban J connectivity index is 1.47. The summed E-state index contributed by atoms with van der Waals surface area (Å²) in [5.74, 6) is 0.562. The monoisotopic (exact) mass is 419 g/mol. The number of amides is 1. The van der Waals surface area contributed by atoms with Crippen molar-refractivity contribution >= 4 is 40.2 Å². The Morgan fingerprint density at radius 2 is 1.76 bits per heavy atom. The van der Waals surface area contributed by atoms with Crippen molar-refractivity contribution in [1.29, 1.82) is 0 Å². The number of carbonyl (C=O) groups excluding carboxylic acids is 1. The van der Waals surface area contributed by atoms with E-state index in [0.29, 0.717) is 27.9 Å². The molecule has 0 aliphatic carbocycles. The highest BCUT2D eigenvalue weighted by Gasteiger charge is 2.13. The van der Waals surface area contributed by atoms with Crippen LogP contribution in [0.3, 0.4) is 0 Å². The summed E-state index contributed by atoms with van der Waals surface area (Å²) in [6.07, 6.45) is 3.53. The summed E-state index contributed by atoms with van der Waals surface area (Å²) in [6, 6.07) is 21.1. The van der Waals surface area contributed by atoms with Crippen LogP contribution < -0.4 is 5.32 Å². The molecular formula is C23H18ClN3OS. The summed E-state index contributed by atoms with van der Waals surface area (Å²) in [7, 11) is 0. The molecule has 2 aromatic heterocycles. The van der Waals surface area contributed by atoms with E-state index in [1.54, 1.807) is 30.1 Å². The van der Waals surface area contributed by atoms with Crippen LogP contribution in [0.2, 0.25) is 5.02 Å². The Bertz CT molecular complexity index is 1140. The smallest absolute Gasteiger partial charge is 0.254 e. The number of hydrogen-bond acceptors (Lipinski definition) is 4. The predicted molar refractivity (Wildman–Crippen MR) is 118 cm³/mol. The second kappa shape index (κ2) is 9.07. The Labute approximate surface area is 178 Å². The molecule has 0 spiro atoms. The van der Waals surface area contributed by atoms with E-state index in [4.69, 9.17) is 11.6 Å². The molecule has 2 heterocycles. The fourth-order valence-electron chi connectivity index (χ4n) is 2.99. The zero-order chi connectivity index (χ0) is 20.1. The van der Waals surface area contributed by atoms with Gasteiger partial charge in [-0.2, -0.15) is 0 Å².